The second-order valence-electron chi connectivity index (χ2n) is 8.03. The highest BCUT2D eigenvalue weighted by Gasteiger charge is 2.29. The van der Waals surface area contributed by atoms with E-state index in [4.69, 9.17) is 0 Å². The van der Waals surface area contributed by atoms with Crippen LogP contribution in [-0.4, -0.2) is 46.9 Å². The zero-order chi connectivity index (χ0) is 23.2. The van der Waals surface area contributed by atoms with Gasteiger partial charge in [0.05, 0.1) is 11.7 Å². The van der Waals surface area contributed by atoms with Gasteiger partial charge in [-0.05, 0) is 25.0 Å². The highest BCUT2D eigenvalue weighted by molar-refractivity contribution is 7.15. The molecule has 3 aromatic rings. The Morgan fingerprint density at radius 1 is 1.03 bits per heavy atom. The minimum absolute atomic E-state index is 0.0941. The molecule has 1 aromatic heterocycles. The van der Waals surface area contributed by atoms with E-state index in [1.807, 2.05) is 32.0 Å². The average molecular weight is 458 g/mol. The molecule has 168 valence electrons. The predicted molar refractivity (Wildman–Crippen MR) is 132 cm³/mol. The topological polar surface area (TPSA) is 72.3 Å². The molecular formula is C26H27N5OS. The maximum atomic E-state index is 13.0. The molecule has 2 heterocycles. The van der Waals surface area contributed by atoms with Gasteiger partial charge < -0.3 is 10.2 Å². The first kappa shape index (κ1) is 22.7. The van der Waals surface area contributed by atoms with E-state index in [9.17, 15) is 10.1 Å². The molecular weight excluding hydrogens is 430 g/mol. The number of nitriles is 1. The van der Waals surface area contributed by atoms with Gasteiger partial charge in [-0.2, -0.15) is 5.26 Å². The van der Waals surface area contributed by atoms with Crippen molar-refractivity contribution >= 4 is 22.4 Å². The van der Waals surface area contributed by atoms with Gasteiger partial charge in [0, 0.05) is 37.3 Å². The molecule has 1 saturated heterocycles. The van der Waals surface area contributed by atoms with Crippen molar-refractivity contribution in [1.29, 1.82) is 5.26 Å². The molecule has 6 nitrogen and oxygen atoms in total. The fraction of sp³-hybridized carbons (Fsp3) is 0.269. The van der Waals surface area contributed by atoms with Gasteiger partial charge >= 0.3 is 0 Å². The molecule has 2 aromatic carbocycles. The first-order valence-corrected chi connectivity index (χ1v) is 11.8. The predicted octanol–water partition coefficient (Wildman–Crippen LogP) is 4.51. The Morgan fingerprint density at radius 2 is 1.61 bits per heavy atom. The lowest BCUT2D eigenvalue weighted by molar-refractivity contribution is -0.128. The molecule has 1 N–H and O–H groups in total. The third kappa shape index (κ3) is 5.30. The molecule has 0 radical (unpaired) electrons. The molecule has 33 heavy (non-hydrogen) atoms. The van der Waals surface area contributed by atoms with Gasteiger partial charge in [0.15, 0.2) is 5.13 Å². The van der Waals surface area contributed by atoms with Crippen molar-refractivity contribution in [2.45, 2.75) is 19.9 Å². The van der Waals surface area contributed by atoms with Gasteiger partial charge in [-0.25, -0.2) is 4.98 Å². The van der Waals surface area contributed by atoms with Crippen LogP contribution in [0.15, 0.2) is 72.4 Å². The van der Waals surface area contributed by atoms with Crippen molar-refractivity contribution in [3.05, 3.63) is 94.1 Å². The summed E-state index contributed by atoms with van der Waals surface area (Å²) >= 11 is 1.51. The Labute approximate surface area is 198 Å². The third-order valence-corrected chi connectivity index (χ3v) is 6.92. The minimum Gasteiger partial charge on any atom is -0.337 e. The molecule has 0 saturated carbocycles. The number of amides is 1. The summed E-state index contributed by atoms with van der Waals surface area (Å²) in [5.74, 6) is -0.245. The van der Waals surface area contributed by atoms with Crippen LogP contribution >= 0.6 is 11.3 Å². The highest BCUT2D eigenvalue weighted by Crippen LogP contribution is 2.29. The van der Waals surface area contributed by atoms with Gasteiger partial charge in [-0.15, -0.1) is 11.3 Å². The largest absolute Gasteiger partial charge is 0.337 e. The van der Waals surface area contributed by atoms with E-state index < -0.39 is 0 Å². The van der Waals surface area contributed by atoms with Crippen LogP contribution in [0.2, 0.25) is 0 Å². The third-order valence-electron chi connectivity index (χ3n) is 5.92. The van der Waals surface area contributed by atoms with E-state index in [1.54, 1.807) is 4.90 Å². The van der Waals surface area contributed by atoms with E-state index in [1.165, 1.54) is 28.7 Å². The van der Waals surface area contributed by atoms with Gasteiger partial charge in [0.1, 0.15) is 11.6 Å². The second kappa shape index (κ2) is 10.4. The number of carbonyl (C=O) groups is 1. The van der Waals surface area contributed by atoms with Crippen molar-refractivity contribution in [1.82, 2.24) is 14.8 Å². The van der Waals surface area contributed by atoms with Gasteiger partial charge in [0.25, 0.3) is 5.91 Å². The first-order valence-electron chi connectivity index (χ1n) is 11.0. The summed E-state index contributed by atoms with van der Waals surface area (Å²) in [5.41, 5.74) is 3.51. The molecule has 0 bridgehead atoms. The molecule has 0 spiro atoms. The number of piperazine rings is 1. The van der Waals surface area contributed by atoms with Crippen molar-refractivity contribution in [3.63, 3.8) is 0 Å². The molecule has 0 atom stereocenters. The van der Waals surface area contributed by atoms with Gasteiger partial charge in [-0.1, -0.05) is 60.7 Å². The Bertz CT molecular complexity index is 1100. The lowest BCUT2D eigenvalue weighted by atomic mass is 9.96. The number of anilines is 1. The Kier molecular flexibility index (Phi) is 7.18. The molecule has 7 heteroatoms. The van der Waals surface area contributed by atoms with E-state index in [-0.39, 0.29) is 17.5 Å². The zero-order valence-corrected chi connectivity index (χ0v) is 19.7. The van der Waals surface area contributed by atoms with Crippen LogP contribution in [-0.2, 0) is 4.79 Å². The van der Waals surface area contributed by atoms with Crippen molar-refractivity contribution in [3.8, 4) is 6.07 Å². The van der Waals surface area contributed by atoms with Gasteiger partial charge in [0.2, 0.25) is 0 Å². The minimum atomic E-state index is -0.245. The number of hydrogen-bond acceptors (Lipinski definition) is 6. The number of carbonyl (C=O) groups excluding carboxylic acids is 1. The molecule has 4 rings (SSSR count). The van der Waals surface area contributed by atoms with Crippen LogP contribution < -0.4 is 5.32 Å². The summed E-state index contributed by atoms with van der Waals surface area (Å²) in [6.45, 7) is 6.55. The number of benzene rings is 2. The normalized spacial score (nSPS) is 14.8. The number of thiazole rings is 1. The number of aryl methyl sites for hydroxylation is 2. The highest BCUT2D eigenvalue weighted by atomic mass is 32.1. The SMILES string of the molecule is Cc1nc(N/C=C(/C#N)C(=O)N2CCN(C(c3ccccc3)c3ccccc3)CC2)sc1C. The fourth-order valence-corrected chi connectivity index (χ4v) is 4.83. The lowest BCUT2D eigenvalue weighted by Gasteiger charge is -2.39. The maximum absolute atomic E-state index is 13.0. The Balaban J connectivity index is 1.45. The summed E-state index contributed by atoms with van der Waals surface area (Å²) in [5, 5.41) is 13.3. The number of hydrogen-bond donors (Lipinski definition) is 1. The van der Waals surface area contributed by atoms with Crippen molar-refractivity contribution in [2.75, 3.05) is 31.5 Å². The first-order chi connectivity index (χ1) is 16.1. The maximum Gasteiger partial charge on any atom is 0.266 e. The van der Waals surface area contributed by atoms with Crippen molar-refractivity contribution < 1.29 is 4.79 Å². The fourth-order valence-electron chi connectivity index (χ4n) is 4.05. The molecule has 1 fully saturated rings. The summed E-state index contributed by atoms with van der Waals surface area (Å²) in [6.07, 6.45) is 1.48. The van der Waals surface area contributed by atoms with E-state index in [0.717, 1.165) is 23.7 Å². The summed E-state index contributed by atoms with van der Waals surface area (Å²) < 4.78 is 0. The summed E-state index contributed by atoms with van der Waals surface area (Å²) in [7, 11) is 0. The van der Waals surface area contributed by atoms with E-state index in [0.29, 0.717) is 18.2 Å². The smallest absolute Gasteiger partial charge is 0.266 e. The second-order valence-corrected chi connectivity index (χ2v) is 9.23. The Morgan fingerprint density at radius 3 is 2.09 bits per heavy atom. The number of nitrogens with zero attached hydrogens (tertiary/aromatic N) is 4. The number of rotatable bonds is 6. The number of aromatic nitrogens is 1. The lowest BCUT2D eigenvalue weighted by Crippen LogP contribution is -2.50. The van der Waals surface area contributed by atoms with Crippen LogP contribution in [0, 0.1) is 25.2 Å². The molecule has 1 amide bonds. The van der Waals surface area contributed by atoms with Gasteiger partial charge in [-0.3, -0.25) is 9.69 Å². The molecule has 0 unspecified atom stereocenters. The van der Waals surface area contributed by atoms with Crippen LogP contribution in [0.25, 0.3) is 0 Å². The summed E-state index contributed by atoms with van der Waals surface area (Å²) in [6, 6.07) is 23.1. The number of nitrogens with one attached hydrogen (secondary N) is 1. The molecule has 0 aliphatic carbocycles. The molecule has 1 aliphatic rings. The quantitative estimate of drug-likeness (QED) is 0.435. The van der Waals surface area contributed by atoms with Crippen LogP contribution in [0.4, 0.5) is 5.13 Å². The Hall–Kier alpha value is -3.47. The van der Waals surface area contributed by atoms with E-state index in [2.05, 4.69) is 63.7 Å². The van der Waals surface area contributed by atoms with Crippen molar-refractivity contribution in [2.24, 2.45) is 0 Å². The standard InChI is InChI=1S/C26H27N5OS/c1-19-20(2)33-26(29-19)28-18-23(17-27)25(32)31-15-13-30(14-16-31)24(21-9-5-3-6-10-21)22-11-7-4-8-12-22/h3-12,18,24H,13-16H2,1-2H3,(H,28,29)/b23-18-. The van der Waals surface area contributed by atoms with Crippen LogP contribution in [0.3, 0.4) is 0 Å². The van der Waals surface area contributed by atoms with Crippen LogP contribution in [0.1, 0.15) is 27.7 Å². The summed E-state index contributed by atoms with van der Waals surface area (Å²) in [4.78, 5) is 22.7. The molecule has 1 aliphatic heterocycles. The average Bonchev–Trinajstić information content (AvgIpc) is 3.18. The van der Waals surface area contributed by atoms with E-state index >= 15 is 0 Å². The monoisotopic (exact) mass is 457 g/mol. The van der Waals surface area contributed by atoms with Crippen LogP contribution in [0.5, 0.6) is 0 Å². The zero-order valence-electron chi connectivity index (χ0n) is 18.9.